The maximum Gasteiger partial charge on any atom is 0.234 e. The highest BCUT2D eigenvalue weighted by Crippen LogP contribution is 2.30. The number of benzene rings is 1. The number of carbonyl (C=O) groups excluding carboxylic acids is 1. The summed E-state index contributed by atoms with van der Waals surface area (Å²) >= 11 is 4.70. The maximum absolute atomic E-state index is 12.1. The topological polar surface area (TPSA) is 54.9 Å². The third kappa shape index (κ3) is 6.99. The summed E-state index contributed by atoms with van der Waals surface area (Å²) in [5.41, 5.74) is 2.19. The number of nitrogens with zero attached hydrogens (tertiary/aromatic N) is 2. The molecule has 1 aromatic heterocycles. The smallest absolute Gasteiger partial charge is 0.234 e. The lowest BCUT2D eigenvalue weighted by molar-refractivity contribution is -0.113. The van der Waals surface area contributed by atoms with Gasteiger partial charge in [0.25, 0.3) is 0 Å². The molecule has 1 heterocycles. The normalized spacial score (nSPS) is 11.8. The van der Waals surface area contributed by atoms with Crippen LogP contribution in [0.5, 0.6) is 0 Å². The molecule has 0 fully saturated rings. The predicted octanol–water partition coefficient (Wildman–Crippen LogP) is 5.31. The van der Waals surface area contributed by atoms with E-state index in [1.165, 1.54) is 17.3 Å². The molecule has 0 bridgehead atoms. The van der Waals surface area contributed by atoms with E-state index in [2.05, 4.69) is 62.3 Å². The number of carbonyl (C=O) groups is 1. The number of aromatic nitrogens is 2. The van der Waals surface area contributed by atoms with E-state index in [0.29, 0.717) is 11.7 Å². The number of hydrogen-bond donors (Lipinski definition) is 1. The van der Waals surface area contributed by atoms with Crippen molar-refractivity contribution in [3.05, 3.63) is 29.8 Å². The van der Waals surface area contributed by atoms with Crippen molar-refractivity contribution in [1.29, 1.82) is 0 Å². The van der Waals surface area contributed by atoms with Gasteiger partial charge in [-0.15, -0.1) is 10.2 Å². The van der Waals surface area contributed by atoms with E-state index in [1.54, 1.807) is 23.1 Å². The molecule has 1 amide bonds. The van der Waals surface area contributed by atoms with Crippen LogP contribution in [0.15, 0.2) is 32.9 Å². The Balaban J connectivity index is 1.81. The molecule has 136 valence electrons. The fourth-order valence-corrected chi connectivity index (χ4v) is 4.73. The highest BCUT2D eigenvalue weighted by Gasteiger charge is 2.13. The van der Waals surface area contributed by atoms with E-state index in [0.717, 1.165) is 20.1 Å². The molecule has 0 aliphatic rings. The Kier molecular flexibility index (Phi) is 7.34. The van der Waals surface area contributed by atoms with Crippen molar-refractivity contribution in [2.24, 2.45) is 5.92 Å². The molecular formula is C18H25N3OS3. The molecule has 0 unspecified atom stereocenters. The number of amides is 1. The first-order chi connectivity index (χ1) is 11.7. The molecule has 2 rings (SSSR count). The Morgan fingerprint density at radius 1 is 1.12 bits per heavy atom. The summed E-state index contributed by atoms with van der Waals surface area (Å²) in [5.74, 6) is 1.97. The van der Waals surface area contributed by atoms with Gasteiger partial charge < -0.3 is 5.32 Å². The first kappa shape index (κ1) is 20.3. The van der Waals surface area contributed by atoms with Gasteiger partial charge in [-0.25, -0.2) is 0 Å². The van der Waals surface area contributed by atoms with Crippen LogP contribution in [0.1, 0.15) is 40.2 Å². The van der Waals surface area contributed by atoms with Gasteiger partial charge in [0, 0.05) is 11.4 Å². The average Bonchev–Trinajstić information content (AvgIpc) is 2.98. The van der Waals surface area contributed by atoms with E-state index in [4.69, 9.17) is 0 Å². The molecule has 0 saturated carbocycles. The Morgan fingerprint density at radius 2 is 1.72 bits per heavy atom. The summed E-state index contributed by atoms with van der Waals surface area (Å²) in [5, 5.41) is 11.2. The highest BCUT2D eigenvalue weighted by atomic mass is 32.2. The average molecular weight is 396 g/mol. The van der Waals surface area contributed by atoms with Gasteiger partial charge in [-0.3, -0.25) is 4.79 Å². The summed E-state index contributed by atoms with van der Waals surface area (Å²) < 4.78 is 1.80. The molecule has 0 spiro atoms. The van der Waals surface area contributed by atoms with Crippen LogP contribution < -0.4 is 5.32 Å². The third-order valence-electron chi connectivity index (χ3n) is 3.29. The van der Waals surface area contributed by atoms with Crippen LogP contribution in [0.3, 0.4) is 0 Å². The summed E-state index contributed by atoms with van der Waals surface area (Å²) in [6.45, 7) is 10.9. The van der Waals surface area contributed by atoms with Gasteiger partial charge in [-0.05, 0) is 29.0 Å². The number of hydrogen-bond acceptors (Lipinski definition) is 6. The van der Waals surface area contributed by atoms with Crippen LogP contribution in [-0.4, -0.2) is 27.6 Å². The molecule has 1 aromatic carbocycles. The van der Waals surface area contributed by atoms with E-state index >= 15 is 0 Å². The first-order valence-electron chi connectivity index (χ1n) is 8.23. The van der Waals surface area contributed by atoms with Crippen molar-refractivity contribution in [1.82, 2.24) is 10.2 Å². The van der Waals surface area contributed by atoms with E-state index in [9.17, 15) is 4.79 Å². The number of anilines is 1. The Bertz CT molecular complexity index is 690. The van der Waals surface area contributed by atoms with Gasteiger partial charge in [-0.2, -0.15) is 0 Å². The minimum Gasteiger partial charge on any atom is -0.325 e. The van der Waals surface area contributed by atoms with E-state index in [1.807, 2.05) is 12.1 Å². The Morgan fingerprint density at radius 3 is 2.28 bits per heavy atom. The van der Waals surface area contributed by atoms with Crippen LogP contribution in [0, 0.1) is 5.92 Å². The van der Waals surface area contributed by atoms with Gasteiger partial charge in [0.1, 0.15) is 0 Å². The molecule has 25 heavy (non-hydrogen) atoms. The highest BCUT2D eigenvalue weighted by molar-refractivity contribution is 8.03. The SMILES string of the molecule is CC(C)CSc1nnc(SCC(=O)Nc2ccc(C(C)(C)C)cc2)s1. The molecule has 1 N–H and O–H groups in total. The van der Waals surface area contributed by atoms with E-state index in [-0.39, 0.29) is 11.3 Å². The minimum atomic E-state index is -0.0277. The molecular weight excluding hydrogens is 370 g/mol. The quantitative estimate of drug-likeness (QED) is 0.644. The lowest BCUT2D eigenvalue weighted by atomic mass is 9.87. The van der Waals surface area contributed by atoms with Gasteiger partial charge in [0.15, 0.2) is 8.68 Å². The van der Waals surface area contributed by atoms with Gasteiger partial charge in [-0.1, -0.05) is 81.6 Å². The second-order valence-corrected chi connectivity index (χ2v) is 10.7. The predicted molar refractivity (Wildman–Crippen MR) is 110 cm³/mol. The van der Waals surface area contributed by atoms with Gasteiger partial charge in [0.05, 0.1) is 5.75 Å². The number of nitrogens with one attached hydrogen (secondary N) is 1. The Hall–Kier alpha value is -1.05. The lowest BCUT2D eigenvalue weighted by Crippen LogP contribution is -2.15. The lowest BCUT2D eigenvalue weighted by Gasteiger charge is -2.19. The van der Waals surface area contributed by atoms with Crippen molar-refractivity contribution in [2.45, 2.75) is 48.7 Å². The maximum atomic E-state index is 12.1. The van der Waals surface area contributed by atoms with Crippen molar-refractivity contribution in [3.8, 4) is 0 Å². The number of rotatable bonds is 7. The monoisotopic (exact) mass is 395 g/mol. The van der Waals surface area contributed by atoms with Crippen molar-refractivity contribution in [3.63, 3.8) is 0 Å². The molecule has 0 aliphatic heterocycles. The molecule has 2 aromatic rings. The fourth-order valence-electron chi connectivity index (χ4n) is 1.93. The molecule has 0 aliphatic carbocycles. The van der Waals surface area contributed by atoms with Crippen LogP contribution in [0.25, 0.3) is 0 Å². The molecule has 0 atom stereocenters. The standard InChI is InChI=1S/C18H25N3OS3/c1-12(2)10-23-16-20-21-17(25-16)24-11-15(22)19-14-8-6-13(7-9-14)18(3,4)5/h6-9,12H,10-11H2,1-5H3,(H,19,22). The molecule has 7 heteroatoms. The molecule has 0 saturated heterocycles. The summed E-state index contributed by atoms with van der Waals surface area (Å²) in [7, 11) is 0. The van der Waals surface area contributed by atoms with Gasteiger partial charge in [0.2, 0.25) is 5.91 Å². The zero-order chi connectivity index (χ0) is 18.4. The van der Waals surface area contributed by atoms with E-state index < -0.39 is 0 Å². The van der Waals surface area contributed by atoms with Crippen molar-refractivity contribution < 1.29 is 4.79 Å². The Labute approximate surface area is 162 Å². The van der Waals surface area contributed by atoms with Crippen LogP contribution in [-0.2, 0) is 10.2 Å². The third-order valence-corrected chi connectivity index (χ3v) is 6.91. The first-order valence-corrected chi connectivity index (χ1v) is 11.0. The summed E-state index contributed by atoms with van der Waals surface area (Å²) in [4.78, 5) is 12.1. The summed E-state index contributed by atoms with van der Waals surface area (Å²) in [6.07, 6.45) is 0. The molecule has 4 nitrogen and oxygen atoms in total. The largest absolute Gasteiger partial charge is 0.325 e. The summed E-state index contributed by atoms with van der Waals surface area (Å²) in [6, 6.07) is 8.03. The number of thioether (sulfide) groups is 2. The fraction of sp³-hybridized carbons (Fsp3) is 0.500. The zero-order valence-corrected chi connectivity index (χ0v) is 17.8. The minimum absolute atomic E-state index is 0.0277. The second-order valence-electron chi connectivity index (χ2n) is 7.20. The zero-order valence-electron chi connectivity index (χ0n) is 15.3. The van der Waals surface area contributed by atoms with Gasteiger partial charge >= 0.3 is 0 Å². The molecule has 0 radical (unpaired) electrons. The van der Waals surface area contributed by atoms with Crippen LogP contribution in [0.2, 0.25) is 0 Å². The van der Waals surface area contributed by atoms with Crippen LogP contribution in [0.4, 0.5) is 5.69 Å². The second kappa shape index (κ2) is 9.05. The van der Waals surface area contributed by atoms with Crippen molar-refractivity contribution >= 4 is 46.5 Å². The van der Waals surface area contributed by atoms with Crippen molar-refractivity contribution in [2.75, 3.05) is 16.8 Å². The van der Waals surface area contributed by atoms with Crippen LogP contribution >= 0.6 is 34.9 Å².